The van der Waals surface area contributed by atoms with Crippen LogP contribution in [0, 0.1) is 0 Å². The summed E-state index contributed by atoms with van der Waals surface area (Å²) in [6.07, 6.45) is -47.4. The van der Waals surface area contributed by atoms with Crippen molar-refractivity contribution >= 4 is 5.97 Å². The molecule has 26 atom stereocenters. The quantitative estimate of drug-likeness (QED) is 0.0816. The van der Waals surface area contributed by atoms with Gasteiger partial charge >= 0.3 is 5.97 Å². The third-order valence-electron chi connectivity index (χ3n) is 11.4. The number of fused-ring (bicyclic) bond motifs is 1. The first-order valence-corrected chi connectivity index (χ1v) is 19.2. The Morgan fingerprint density at radius 2 is 0.934 bits per heavy atom. The number of carboxylic acid groups (broad SMARTS) is 1. The molecule has 6 aliphatic rings. The van der Waals surface area contributed by atoms with E-state index in [-0.39, 0.29) is 0 Å². The molecule has 0 spiro atoms. The molecule has 0 aliphatic carbocycles. The molecule has 0 aromatic rings. The van der Waals surface area contributed by atoms with Crippen molar-refractivity contribution in [2.45, 2.75) is 166 Å². The second-order valence-corrected chi connectivity index (χ2v) is 15.4. The maximum Gasteiger partial charge on any atom is 0.364 e. The second kappa shape index (κ2) is 19.9. The van der Waals surface area contributed by atoms with Gasteiger partial charge < -0.3 is 134 Å². The van der Waals surface area contributed by atoms with Gasteiger partial charge in [-0.1, -0.05) is 0 Å². The number of aliphatic hydroxyl groups excluding tert-OH is 15. The lowest BCUT2D eigenvalue weighted by Gasteiger charge is -2.51. The van der Waals surface area contributed by atoms with Crippen LogP contribution >= 0.6 is 0 Å². The van der Waals surface area contributed by atoms with E-state index in [9.17, 15) is 86.5 Å². The van der Waals surface area contributed by atoms with Crippen molar-refractivity contribution in [3.8, 4) is 0 Å². The molecule has 28 heteroatoms. The monoisotopic (exact) mass is 898 g/mol. The standard InChI is InChI=1S/C33H54O28/c1-33(32(49)50)51-6-11-23(61-33)18(44)21(47)30(56-11)57-22-10(5-37)55-29(20(46)17(22)43)58-24-14(40)9(4-36)54-31(59-25-16(42)13(39)7(2-34)52-27(25)48)26(24)60-28-19(45)15(41)12(38)8(3-35)53-28/h7-31,34-48H,2-6H2,1H3,(H,49,50)/t7-,8-,9-,10-,11-,12+,13-,14-,15+,16+,17-,18-,19-,20-,21-,22-,23+,24+,25+,26+,27?,28-,29-,30+,31-,33?/m1/s1. The van der Waals surface area contributed by atoms with Crippen LogP contribution in [0.1, 0.15) is 6.92 Å². The molecule has 6 fully saturated rings. The highest BCUT2D eigenvalue weighted by atomic mass is 16.8. The van der Waals surface area contributed by atoms with Gasteiger partial charge in [0, 0.05) is 6.92 Å². The average Bonchev–Trinajstić information content (AvgIpc) is 3.24. The van der Waals surface area contributed by atoms with Crippen LogP contribution in [-0.4, -0.2) is 280 Å². The molecule has 61 heavy (non-hydrogen) atoms. The summed E-state index contributed by atoms with van der Waals surface area (Å²) < 4.78 is 61.4. The molecule has 0 amide bonds. The molecule has 0 bridgehead atoms. The maximum absolute atomic E-state index is 11.6. The third-order valence-corrected chi connectivity index (χ3v) is 11.4. The zero-order valence-electron chi connectivity index (χ0n) is 32.0. The normalized spacial score (nSPS) is 53.3. The fourth-order valence-electron chi connectivity index (χ4n) is 7.75. The van der Waals surface area contributed by atoms with Crippen molar-refractivity contribution in [1.29, 1.82) is 0 Å². The molecule has 0 saturated carbocycles. The molecule has 2 unspecified atom stereocenters. The lowest BCUT2D eigenvalue weighted by atomic mass is 9.95. The van der Waals surface area contributed by atoms with E-state index in [0.717, 1.165) is 6.92 Å². The van der Waals surface area contributed by atoms with Gasteiger partial charge in [0.1, 0.15) is 122 Å². The van der Waals surface area contributed by atoms with Gasteiger partial charge in [0.15, 0.2) is 31.5 Å². The van der Waals surface area contributed by atoms with Crippen molar-refractivity contribution in [3.63, 3.8) is 0 Å². The van der Waals surface area contributed by atoms with Crippen LogP contribution in [0.15, 0.2) is 0 Å². The molecule has 16 N–H and O–H groups in total. The summed E-state index contributed by atoms with van der Waals surface area (Å²) in [5.74, 6) is -3.74. The summed E-state index contributed by atoms with van der Waals surface area (Å²) in [6, 6.07) is 0. The van der Waals surface area contributed by atoms with Gasteiger partial charge in [-0.15, -0.1) is 0 Å². The molecule has 6 saturated heterocycles. The van der Waals surface area contributed by atoms with E-state index in [1.54, 1.807) is 0 Å². The van der Waals surface area contributed by atoms with E-state index < -0.39 is 198 Å². The Morgan fingerprint density at radius 1 is 0.492 bits per heavy atom. The minimum Gasteiger partial charge on any atom is -0.477 e. The molecule has 28 nitrogen and oxygen atoms in total. The molecular weight excluding hydrogens is 844 g/mol. The number of aliphatic hydroxyl groups is 15. The summed E-state index contributed by atoms with van der Waals surface area (Å²) in [7, 11) is 0. The van der Waals surface area contributed by atoms with Crippen LogP contribution in [0.2, 0.25) is 0 Å². The first-order chi connectivity index (χ1) is 28.8. The van der Waals surface area contributed by atoms with E-state index in [4.69, 9.17) is 52.1 Å². The minimum atomic E-state index is -2.22. The van der Waals surface area contributed by atoms with Gasteiger partial charge in [-0.3, -0.25) is 0 Å². The fraction of sp³-hybridized carbons (Fsp3) is 0.970. The molecule has 354 valence electrons. The lowest BCUT2D eigenvalue weighted by molar-refractivity contribution is -0.414. The highest BCUT2D eigenvalue weighted by Crippen LogP contribution is 2.38. The first kappa shape index (κ1) is 48.9. The Balaban J connectivity index is 1.24. The molecule has 0 aromatic heterocycles. The number of aliphatic carboxylic acids is 1. The van der Waals surface area contributed by atoms with Gasteiger partial charge in [-0.25, -0.2) is 4.79 Å². The van der Waals surface area contributed by atoms with E-state index >= 15 is 0 Å². The molecule has 0 aromatic carbocycles. The van der Waals surface area contributed by atoms with Gasteiger partial charge in [-0.05, 0) is 0 Å². The van der Waals surface area contributed by atoms with Gasteiger partial charge in [0.05, 0.1) is 33.0 Å². The number of carbonyl (C=O) groups is 1. The molecule has 6 aliphatic heterocycles. The van der Waals surface area contributed by atoms with Gasteiger partial charge in [0.25, 0.3) is 5.79 Å². The number of hydrogen-bond donors (Lipinski definition) is 16. The van der Waals surface area contributed by atoms with Crippen LogP contribution < -0.4 is 0 Å². The smallest absolute Gasteiger partial charge is 0.364 e. The molecular formula is C33H54O28. The Bertz CT molecular complexity index is 1430. The van der Waals surface area contributed by atoms with Gasteiger partial charge in [0.2, 0.25) is 0 Å². The van der Waals surface area contributed by atoms with Crippen LogP contribution in [0.3, 0.4) is 0 Å². The summed E-state index contributed by atoms with van der Waals surface area (Å²) in [6.45, 7) is -3.24. The second-order valence-electron chi connectivity index (χ2n) is 15.4. The van der Waals surface area contributed by atoms with Crippen molar-refractivity contribution in [1.82, 2.24) is 0 Å². The third kappa shape index (κ3) is 9.57. The zero-order valence-corrected chi connectivity index (χ0v) is 32.0. The van der Waals surface area contributed by atoms with E-state index in [1.165, 1.54) is 0 Å². The highest BCUT2D eigenvalue weighted by Gasteiger charge is 2.59. The number of carboxylic acids is 1. The van der Waals surface area contributed by atoms with Crippen molar-refractivity contribution < 1.29 is 139 Å². The largest absolute Gasteiger partial charge is 0.477 e. The first-order valence-electron chi connectivity index (χ1n) is 19.2. The predicted octanol–water partition coefficient (Wildman–Crippen LogP) is -11.1. The Kier molecular flexibility index (Phi) is 15.9. The van der Waals surface area contributed by atoms with Crippen molar-refractivity contribution in [2.75, 3.05) is 33.0 Å². The summed E-state index contributed by atoms with van der Waals surface area (Å²) in [5.41, 5.74) is 0. The molecule has 6 rings (SSSR count). The topological polar surface area (TPSA) is 442 Å². The summed E-state index contributed by atoms with van der Waals surface area (Å²) in [5, 5.41) is 169. The number of rotatable bonds is 13. The molecule has 6 heterocycles. The Morgan fingerprint density at radius 3 is 1.54 bits per heavy atom. The number of hydrogen-bond acceptors (Lipinski definition) is 27. The average molecular weight is 899 g/mol. The predicted molar refractivity (Wildman–Crippen MR) is 180 cm³/mol. The SMILES string of the molecule is CC1(C(=O)O)OC[C@H]2O[C@@H](O[C@H]3[C@H](O)[C@@H](O)[C@@H](O[C@H]4[C@H](O)[C@@H](CO)O[C@H](O[C@@H]5C(O)O[C@H](CO)[C@@H](O)[C@@H]5O)[C@H]4O[C@H]4O[C@H](CO)[C@H](O)[C@H](O)[C@H]4O)O[C@@H]3CO)[C@H](O)[C@@H](O)[C@H]2O1. The van der Waals surface area contributed by atoms with Crippen molar-refractivity contribution in [3.05, 3.63) is 0 Å². The van der Waals surface area contributed by atoms with Crippen LogP contribution in [0.25, 0.3) is 0 Å². The summed E-state index contributed by atoms with van der Waals surface area (Å²) >= 11 is 0. The Hall–Kier alpha value is -1.57. The van der Waals surface area contributed by atoms with E-state index in [2.05, 4.69) is 0 Å². The van der Waals surface area contributed by atoms with Crippen LogP contribution in [-0.2, 0) is 56.9 Å². The van der Waals surface area contributed by atoms with Crippen LogP contribution in [0.4, 0.5) is 0 Å². The van der Waals surface area contributed by atoms with E-state index in [0.29, 0.717) is 0 Å². The maximum atomic E-state index is 11.6. The number of ether oxygens (including phenoxy) is 11. The van der Waals surface area contributed by atoms with Crippen LogP contribution in [0.5, 0.6) is 0 Å². The Labute approximate surface area is 344 Å². The fourth-order valence-corrected chi connectivity index (χ4v) is 7.75. The van der Waals surface area contributed by atoms with Gasteiger partial charge in [-0.2, -0.15) is 0 Å². The summed E-state index contributed by atoms with van der Waals surface area (Å²) in [4.78, 5) is 11.6. The lowest BCUT2D eigenvalue weighted by Crippen LogP contribution is -2.69. The zero-order chi connectivity index (χ0) is 44.8. The highest BCUT2D eigenvalue weighted by molar-refractivity contribution is 5.75. The minimum absolute atomic E-state index is 0.475. The van der Waals surface area contributed by atoms with Crippen molar-refractivity contribution in [2.24, 2.45) is 0 Å². The molecule has 0 radical (unpaired) electrons. The van der Waals surface area contributed by atoms with E-state index in [1.807, 2.05) is 0 Å².